The van der Waals surface area contributed by atoms with Crippen LogP contribution in [-0.2, 0) is 0 Å². The van der Waals surface area contributed by atoms with Crippen molar-refractivity contribution in [2.45, 2.75) is 0 Å². The molecular formula is C11H9N3O2. The number of H-pyrrole nitrogens is 1. The highest BCUT2D eigenvalue weighted by molar-refractivity contribution is 5.86. The number of anilines is 1. The van der Waals surface area contributed by atoms with Crippen LogP contribution in [0.25, 0.3) is 22.4 Å². The van der Waals surface area contributed by atoms with E-state index in [1.165, 1.54) is 0 Å². The van der Waals surface area contributed by atoms with Gasteiger partial charge in [0.1, 0.15) is 5.75 Å². The average molecular weight is 215 g/mol. The van der Waals surface area contributed by atoms with Crippen LogP contribution in [0.2, 0.25) is 0 Å². The number of phenolic OH excluding ortho intramolecular Hbond substituents is 1. The molecule has 2 aromatic heterocycles. The van der Waals surface area contributed by atoms with Crippen molar-refractivity contribution in [3.05, 3.63) is 30.3 Å². The Morgan fingerprint density at radius 2 is 2.12 bits per heavy atom. The Kier molecular flexibility index (Phi) is 1.67. The average Bonchev–Trinajstić information content (AvgIpc) is 2.83. The van der Waals surface area contributed by atoms with E-state index in [-0.39, 0.29) is 5.75 Å². The second-order valence-electron chi connectivity index (χ2n) is 3.57. The predicted octanol–water partition coefficient (Wildman–Crippen LogP) is 2.11. The molecule has 0 aliphatic carbocycles. The quantitative estimate of drug-likeness (QED) is 0.580. The molecule has 0 radical (unpaired) electrons. The first-order valence-electron chi connectivity index (χ1n) is 4.77. The molecule has 0 atom stereocenters. The Morgan fingerprint density at radius 1 is 1.25 bits per heavy atom. The van der Waals surface area contributed by atoms with Crippen molar-refractivity contribution in [1.29, 1.82) is 0 Å². The third kappa shape index (κ3) is 1.30. The van der Waals surface area contributed by atoms with E-state index in [1.807, 2.05) is 12.1 Å². The van der Waals surface area contributed by atoms with Crippen molar-refractivity contribution in [2.24, 2.45) is 0 Å². The summed E-state index contributed by atoms with van der Waals surface area (Å²) in [6.07, 6.45) is 0. The summed E-state index contributed by atoms with van der Waals surface area (Å²) in [6, 6.07) is 8.66. The zero-order chi connectivity index (χ0) is 11.1. The topological polar surface area (TPSA) is 88.1 Å². The minimum Gasteiger partial charge on any atom is -0.508 e. The van der Waals surface area contributed by atoms with Crippen LogP contribution in [0.4, 0.5) is 5.82 Å². The number of hydrogen-bond acceptors (Lipinski definition) is 4. The second-order valence-corrected chi connectivity index (χ2v) is 3.57. The monoisotopic (exact) mass is 215 g/mol. The number of phenols is 1. The van der Waals surface area contributed by atoms with Crippen molar-refractivity contribution in [3.8, 4) is 17.2 Å². The lowest BCUT2D eigenvalue weighted by Crippen LogP contribution is -1.79. The third-order valence-electron chi connectivity index (χ3n) is 2.40. The van der Waals surface area contributed by atoms with E-state index < -0.39 is 0 Å². The SMILES string of the molecule is Nc1cc(-c2cc3ccc(O)cc3[nH]2)on1. The highest BCUT2D eigenvalue weighted by Crippen LogP contribution is 2.27. The molecule has 0 bridgehead atoms. The first-order chi connectivity index (χ1) is 7.72. The standard InChI is InChI=1S/C11H9N3O2/c12-11-5-10(16-14-11)9-3-6-1-2-7(15)4-8(6)13-9/h1-5,13,15H,(H2,12,14). The van der Waals surface area contributed by atoms with Crippen LogP contribution in [0.15, 0.2) is 34.9 Å². The number of aromatic amines is 1. The minimum absolute atomic E-state index is 0.220. The lowest BCUT2D eigenvalue weighted by Gasteiger charge is -1.90. The summed E-state index contributed by atoms with van der Waals surface area (Å²) in [5, 5.41) is 13.9. The van der Waals surface area contributed by atoms with Crippen LogP contribution in [0.3, 0.4) is 0 Å². The van der Waals surface area contributed by atoms with E-state index in [1.54, 1.807) is 18.2 Å². The van der Waals surface area contributed by atoms with Crippen LogP contribution < -0.4 is 5.73 Å². The fourth-order valence-corrected chi connectivity index (χ4v) is 1.66. The van der Waals surface area contributed by atoms with Crippen LogP contribution >= 0.6 is 0 Å². The minimum atomic E-state index is 0.220. The van der Waals surface area contributed by atoms with Crippen LogP contribution in [0.5, 0.6) is 5.75 Å². The van der Waals surface area contributed by atoms with Gasteiger partial charge >= 0.3 is 0 Å². The number of aromatic nitrogens is 2. The molecule has 3 aromatic rings. The van der Waals surface area contributed by atoms with Crippen molar-refractivity contribution < 1.29 is 9.63 Å². The van der Waals surface area contributed by atoms with Gasteiger partial charge in [0, 0.05) is 23.0 Å². The van der Waals surface area contributed by atoms with Gasteiger partial charge in [0.25, 0.3) is 0 Å². The lowest BCUT2D eigenvalue weighted by atomic mass is 10.2. The molecule has 0 saturated heterocycles. The maximum atomic E-state index is 9.34. The number of rotatable bonds is 1. The number of nitrogens with two attached hydrogens (primary N) is 1. The van der Waals surface area contributed by atoms with E-state index in [0.717, 1.165) is 16.6 Å². The fraction of sp³-hybridized carbons (Fsp3) is 0. The van der Waals surface area contributed by atoms with Gasteiger partial charge < -0.3 is 20.3 Å². The molecule has 0 aliphatic heterocycles. The maximum Gasteiger partial charge on any atom is 0.185 e. The highest BCUT2D eigenvalue weighted by atomic mass is 16.5. The molecule has 5 nitrogen and oxygen atoms in total. The molecule has 16 heavy (non-hydrogen) atoms. The number of nitrogen functional groups attached to an aromatic ring is 1. The maximum absolute atomic E-state index is 9.34. The summed E-state index contributed by atoms with van der Waals surface area (Å²) in [4.78, 5) is 3.12. The van der Waals surface area contributed by atoms with Gasteiger partial charge in [-0.1, -0.05) is 5.16 Å². The highest BCUT2D eigenvalue weighted by Gasteiger charge is 2.08. The van der Waals surface area contributed by atoms with Crippen molar-refractivity contribution in [2.75, 3.05) is 5.73 Å². The summed E-state index contributed by atoms with van der Waals surface area (Å²) in [5.74, 6) is 1.14. The van der Waals surface area contributed by atoms with E-state index in [4.69, 9.17) is 10.3 Å². The largest absolute Gasteiger partial charge is 0.508 e. The van der Waals surface area contributed by atoms with E-state index in [2.05, 4.69) is 10.1 Å². The van der Waals surface area contributed by atoms with E-state index in [0.29, 0.717) is 11.6 Å². The molecule has 0 saturated carbocycles. The van der Waals surface area contributed by atoms with Gasteiger partial charge in [-0.15, -0.1) is 0 Å². The van der Waals surface area contributed by atoms with E-state index >= 15 is 0 Å². The van der Waals surface area contributed by atoms with E-state index in [9.17, 15) is 5.11 Å². The molecule has 2 heterocycles. The molecule has 0 aliphatic rings. The first kappa shape index (κ1) is 8.84. The van der Waals surface area contributed by atoms with Gasteiger partial charge in [0.05, 0.1) is 5.69 Å². The summed E-state index contributed by atoms with van der Waals surface area (Å²) >= 11 is 0. The molecule has 0 fully saturated rings. The van der Waals surface area contributed by atoms with Crippen molar-refractivity contribution in [3.63, 3.8) is 0 Å². The Balaban J connectivity index is 2.18. The predicted molar refractivity (Wildman–Crippen MR) is 59.9 cm³/mol. The number of hydrogen-bond donors (Lipinski definition) is 3. The lowest BCUT2D eigenvalue weighted by molar-refractivity contribution is 0.435. The van der Waals surface area contributed by atoms with Gasteiger partial charge in [-0.3, -0.25) is 0 Å². The third-order valence-corrected chi connectivity index (χ3v) is 2.40. The van der Waals surface area contributed by atoms with Gasteiger partial charge in [-0.25, -0.2) is 0 Å². The molecule has 5 heteroatoms. The molecule has 0 unspecified atom stereocenters. The summed E-state index contributed by atoms with van der Waals surface area (Å²) < 4.78 is 5.04. The summed E-state index contributed by atoms with van der Waals surface area (Å²) in [5.41, 5.74) is 7.10. The Morgan fingerprint density at radius 3 is 2.88 bits per heavy atom. The van der Waals surface area contributed by atoms with Gasteiger partial charge in [0.15, 0.2) is 11.6 Å². The smallest absolute Gasteiger partial charge is 0.185 e. The molecule has 0 amide bonds. The Bertz CT molecular complexity index is 654. The number of nitrogens with one attached hydrogen (secondary N) is 1. The van der Waals surface area contributed by atoms with Crippen LogP contribution in [0.1, 0.15) is 0 Å². The molecule has 1 aromatic carbocycles. The number of fused-ring (bicyclic) bond motifs is 1. The van der Waals surface area contributed by atoms with Gasteiger partial charge in [-0.05, 0) is 18.2 Å². The molecule has 80 valence electrons. The molecular weight excluding hydrogens is 206 g/mol. The molecule has 0 spiro atoms. The normalized spacial score (nSPS) is 11.0. The second kappa shape index (κ2) is 3.03. The molecule has 3 rings (SSSR count). The first-order valence-corrected chi connectivity index (χ1v) is 4.77. The van der Waals surface area contributed by atoms with Crippen molar-refractivity contribution in [1.82, 2.24) is 10.1 Å². The zero-order valence-corrected chi connectivity index (χ0v) is 8.27. The zero-order valence-electron chi connectivity index (χ0n) is 8.27. The number of aromatic hydroxyl groups is 1. The van der Waals surface area contributed by atoms with Gasteiger partial charge in [-0.2, -0.15) is 0 Å². The number of benzene rings is 1. The van der Waals surface area contributed by atoms with Crippen LogP contribution in [-0.4, -0.2) is 15.2 Å². The van der Waals surface area contributed by atoms with Crippen molar-refractivity contribution >= 4 is 16.7 Å². The summed E-state index contributed by atoms with van der Waals surface area (Å²) in [7, 11) is 0. The fourth-order valence-electron chi connectivity index (χ4n) is 1.66. The summed E-state index contributed by atoms with van der Waals surface area (Å²) in [6.45, 7) is 0. The van der Waals surface area contributed by atoms with Crippen LogP contribution in [0, 0.1) is 0 Å². The van der Waals surface area contributed by atoms with Gasteiger partial charge in [0.2, 0.25) is 0 Å². The Labute approximate surface area is 90.5 Å². The number of nitrogens with zero attached hydrogens (tertiary/aromatic N) is 1. The Hall–Kier alpha value is -2.43. The molecule has 4 N–H and O–H groups in total.